The van der Waals surface area contributed by atoms with Gasteiger partial charge in [0.05, 0.1) is 11.3 Å². The van der Waals surface area contributed by atoms with Gasteiger partial charge in [-0.15, -0.1) is 0 Å². The summed E-state index contributed by atoms with van der Waals surface area (Å²) in [5.41, 5.74) is 1.83. The molecule has 0 bridgehead atoms. The van der Waals surface area contributed by atoms with E-state index in [9.17, 15) is 4.79 Å². The summed E-state index contributed by atoms with van der Waals surface area (Å²) in [6.45, 7) is 1.85. The number of nitrogens with zero attached hydrogens (tertiary/aromatic N) is 4. The Morgan fingerprint density at radius 1 is 1.33 bits per heavy atom. The lowest BCUT2D eigenvalue weighted by Crippen LogP contribution is -2.08. The van der Waals surface area contributed by atoms with E-state index in [1.807, 2.05) is 6.92 Å². The molecule has 0 saturated carbocycles. The number of ketones is 1. The molecule has 15 heavy (non-hydrogen) atoms. The smallest absolute Gasteiger partial charge is 0.214 e. The molecule has 0 saturated heterocycles. The van der Waals surface area contributed by atoms with Crippen LogP contribution in [0.3, 0.4) is 0 Å². The number of hydrogen-bond donors (Lipinski definition) is 0. The van der Waals surface area contributed by atoms with Gasteiger partial charge in [-0.05, 0) is 13.0 Å². The molecule has 0 aliphatic rings. The van der Waals surface area contributed by atoms with E-state index in [1.54, 1.807) is 17.8 Å². The second-order valence-corrected chi connectivity index (χ2v) is 3.25. The molecule has 0 atom stereocenters. The fourth-order valence-corrected chi connectivity index (χ4v) is 1.39. The first-order valence-corrected chi connectivity index (χ1v) is 4.49. The van der Waals surface area contributed by atoms with Gasteiger partial charge in [0, 0.05) is 19.4 Å². The van der Waals surface area contributed by atoms with Gasteiger partial charge in [-0.3, -0.25) is 9.48 Å². The molecule has 0 N–H and O–H groups in total. The highest BCUT2D eigenvalue weighted by atomic mass is 16.1. The summed E-state index contributed by atoms with van der Waals surface area (Å²) in [6.07, 6.45) is 4.39. The minimum atomic E-state index is -0.112. The van der Waals surface area contributed by atoms with Crippen LogP contribution < -0.4 is 0 Å². The first-order valence-electron chi connectivity index (χ1n) is 4.49. The minimum absolute atomic E-state index is 0.112. The average molecular weight is 202 g/mol. The second kappa shape index (κ2) is 3.61. The molecule has 0 amide bonds. The van der Waals surface area contributed by atoms with Crippen LogP contribution in [0, 0.1) is 6.92 Å². The molecule has 5 nitrogen and oxygen atoms in total. The third kappa shape index (κ3) is 1.76. The summed E-state index contributed by atoms with van der Waals surface area (Å²) in [4.78, 5) is 19.6. The van der Waals surface area contributed by atoms with Crippen LogP contribution >= 0.6 is 0 Å². The second-order valence-electron chi connectivity index (χ2n) is 3.25. The standard InChI is InChI=1S/C10H10N4O/c1-7-3-9(14(2)13-7)10(15)8-4-11-6-12-5-8/h3-6H,1-2H3. The molecule has 0 unspecified atom stereocenters. The van der Waals surface area contributed by atoms with E-state index in [0.717, 1.165) is 5.69 Å². The van der Waals surface area contributed by atoms with Crippen molar-refractivity contribution in [1.29, 1.82) is 0 Å². The fraction of sp³-hybridized carbons (Fsp3) is 0.200. The van der Waals surface area contributed by atoms with Crippen molar-refractivity contribution in [3.63, 3.8) is 0 Å². The van der Waals surface area contributed by atoms with Gasteiger partial charge in [-0.25, -0.2) is 9.97 Å². The van der Waals surface area contributed by atoms with Gasteiger partial charge in [0.1, 0.15) is 12.0 Å². The van der Waals surface area contributed by atoms with E-state index >= 15 is 0 Å². The number of aryl methyl sites for hydroxylation is 2. The monoisotopic (exact) mass is 202 g/mol. The van der Waals surface area contributed by atoms with E-state index in [0.29, 0.717) is 11.3 Å². The van der Waals surface area contributed by atoms with Gasteiger partial charge in [0.15, 0.2) is 0 Å². The molecule has 0 radical (unpaired) electrons. The third-order valence-electron chi connectivity index (χ3n) is 2.06. The van der Waals surface area contributed by atoms with Gasteiger partial charge in [0.25, 0.3) is 0 Å². The van der Waals surface area contributed by atoms with E-state index in [-0.39, 0.29) is 5.78 Å². The summed E-state index contributed by atoms with van der Waals surface area (Å²) in [7, 11) is 1.74. The highest BCUT2D eigenvalue weighted by Gasteiger charge is 2.14. The molecule has 0 fully saturated rings. The van der Waals surface area contributed by atoms with E-state index in [1.165, 1.54) is 18.7 Å². The van der Waals surface area contributed by atoms with Crippen molar-refractivity contribution in [3.8, 4) is 0 Å². The Labute approximate surface area is 86.8 Å². The zero-order chi connectivity index (χ0) is 10.8. The van der Waals surface area contributed by atoms with Gasteiger partial charge < -0.3 is 0 Å². The van der Waals surface area contributed by atoms with Crippen molar-refractivity contribution in [2.75, 3.05) is 0 Å². The normalized spacial score (nSPS) is 10.3. The van der Waals surface area contributed by atoms with Crippen LogP contribution in [0.2, 0.25) is 0 Å². The Bertz CT molecular complexity index is 489. The predicted octanol–water partition coefficient (Wildman–Crippen LogP) is 0.750. The van der Waals surface area contributed by atoms with E-state index in [4.69, 9.17) is 0 Å². The number of aromatic nitrogens is 4. The lowest BCUT2D eigenvalue weighted by Gasteiger charge is -1.99. The van der Waals surface area contributed by atoms with Gasteiger partial charge in [-0.2, -0.15) is 5.10 Å². The van der Waals surface area contributed by atoms with Gasteiger partial charge in [-0.1, -0.05) is 0 Å². The van der Waals surface area contributed by atoms with Crippen molar-refractivity contribution in [1.82, 2.24) is 19.7 Å². The molecule has 0 spiro atoms. The van der Waals surface area contributed by atoms with E-state index in [2.05, 4.69) is 15.1 Å². The Kier molecular flexibility index (Phi) is 2.29. The zero-order valence-electron chi connectivity index (χ0n) is 8.51. The summed E-state index contributed by atoms with van der Waals surface area (Å²) < 4.78 is 1.56. The number of rotatable bonds is 2. The van der Waals surface area contributed by atoms with Crippen molar-refractivity contribution >= 4 is 5.78 Å². The molecule has 0 aromatic carbocycles. The Morgan fingerprint density at radius 2 is 2.00 bits per heavy atom. The highest BCUT2D eigenvalue weighted by molar-refractivity contribution is 6.07. The molecule has 2 aromatic rings. The number of hydrogen-bond acceptors (Lipinski definition) is 4. The van der Waals surface area contributed by atoms with Crippen LogP contribution in [0.25, 0.3) is 0 Å². The molecular formula is C10H10N4O. The summed E-state index contributed by atoms with van der Waals surface area (Å²) in [5.74, 6) is -0.112. The topological polar surface area (TPSA) is 60.7 Å². The Balaban J connectivity index is 2.41. The molecule has 2 rings (SSSR count). The number of carbonyl (C=O) groups excluding carboxylic acids is 1. The molecule has 2 aromatic heterocycles. The predicted molar refractivity (Wildman–Crippen MR) is 53.4 cm³/mol. The molecule has 0 aliphatic heterocycles. The Morgan fingerprint density at radius 3 is 2.53 bits per heavy atom. The lowest BCUT2D eigenvalue weighted by molar-refractivity contribution is 0.102. The molecule has 76 valence electrons. The minimum Gasteiger partial charge on any atom is -0.287 e. The first kappa shape index (κ1) is 9.51. The molecule has 5 heteroatoms. The zero-order valence-corrected chi connectivity index (χ0v) is 8.51. The maximum atomic E-state index is 11.9. The van der Waals surface area contributed by atoms with Crippen LogP contribution in [-0.4, -0.2) is 25.5 Å². The van der Waals surface area contributed by atoms with Crippen molar-refractivity contribution in [2.45, 2.75) is 6.92 Å². The van der Waals surface area contributed by atoms with Gasteiger partial charge in [0.2, 0.25) is 5.78 Å². The van der Waals surface area contributed by atoms with E-state index < -0.39 is 0 Å². The molecule has 2 heterocycles. The highest BCUT2D eigenvalue weighted by Crippen LogP contribution is 2.08. The van der Waals surface area contributed by atoms with Crippen molar-refractivity contribution < 1.29 is 4.79 Å². The van der Waals surface area contributed by atoms with Crippen LogP contribution in [-0.2, 0) is 7.05 Å². The largest absolute Gasteiger partial charge is 0.287 e. The maximum absolute atomic E-state index is 11.9. The molecule has 0 aliphatic carbocycles. The SMILES string of the molecule is Cc1cc(C(=O)c2cncnc2)n(C)n1. The van der Waals surface area contributed by atoms with Crippen LogP contribution in [0.15, 0.2) is 24.8 Å². The Hall–Kier alpha value is -2.04. The third-order valence-corrected chi connectivity index (χ3v) is 2.06. The van der Waals surface area contributed by atoms with Crippen LogP contribution in [0.4, 0.5) is 0 Å². The average Bonchev–Trinajstić information content (AvgIpc) is 2.58. The molecular weight excluding hydrogens is 192 g/mol. The number of carbonyl (C=O) groups is 1. The maximum Gasteiger partial charge on any atom is 0.214 e. The van der Waals surface area contributed by atoms with Crippen LogP contribution in [0.1, 0.15) is 21.7 Å². The van der Waals surface area contributed by atoms with Crippen LogP contribution in [0.5, 0.6) is 0 Å². The summed E-state index contributed by atoms with van der Waals surface area (Å²) >= 11 is 0. The summed E-state index contributed by atoms with van der Waals surface area (Å²) in [6, 6.07) is 1.75. The summed E-state index contributed by atoms with van der Waals surface area (Å²) in [5, 5.41) is 4.11. The van der Waals surface area contributed by atoms with Crippen molar-refractivity contribution in [2.24, 2.45) is 7.05 Å². The lowest BCUT2D eigenvalue weighted by atomic mass is 10.1. The van der Waals surface area contributed by atoms with Crippen molar-refractivity contribution in [3.05, 3.63) is 41.7 Å². The first-order chi connectivity index (χ1) is 7.18. The van der Waals surface area contributed by atoms with Gasteiger partial charge >= 0.3 is 0 Å². The fourth-order valence-electron chi connectivity index (χ4n) is 1.39. The quantitative estimate of drug-likeness (QED) is 0.674.